The minimum atomic E-state index is -0.0590. The Hall–Kier alpha value is -2.09. The fourth-order valence-electron chi connectivity index (χ4n) is 3.91. The maximum atomic E-state index is 13.2. The maximum absolute atomic E-state index is 13.2. The molecule has 1 atom stereocenters. The van der Waals surface area contributed by atoms with Gasteiger partial charge in [-0.15, -0.1) is 23.7 Å². The number of methoxy groups -OCH3 is 1. The minimum Gasteiger partial charge on any atom is -0.493 e. The Kier molecular flexibility index (Phi) is 4.84. The zero-order valence-electron chi connectivity index (χ0n) is 14.9. The molecular weight excluding hydrogens is 386 g/mol. The highest BCUT2D eigenvalue weighted by Crippen LogP contribution is 2.37. The Morgan fingerprint density at radius 1 is 1.41 bits per heavy atom. The van der Waals surface area contributed by atoms with Gasteiger partial charge in [-0.2, -0.15) is 0 Å². The van der Waals surface area contributed by atoms with E-state index >= 15 is 0 Å². The molecule has 8 heteroatoms. The molecule has 27 heavy (non-hydrogen) atoms. The van der Waals surface area contributed by atoms with Gasteiger partial charge in [0.15, 0.2) is 11.5 Å². The Balaban J connectivity index is 0.00000180. The molecule has 142 valence electrons. The Morgan fingerprint density at radius 3 is 3.15 bits per heavy atom. The maximum Gasteiger partial charge on any atom is 0.262 e. The second-order valence-electron chi connectivity index (χ2n) is 6.69. The first kappa shape index (κ1) is 18.3. The lowest BCUT2D eigenvalue weighted by molar-refractivity contribution is 0.211. The van der Waals surface area contributed by atoms with Crippen molar-refractivity contribution < 1.29 is 9.47 Å². The molecule has 5 rings (SSSR count). The van der Waals surface area contributed by atoms with Gasteiger partial charge in [0.05, 0.1) is 24.9 Å². The average molecular weight is 406 g/mol. The Morgan fingerprint density at radius 2 is 2.30 bits per heavy atom. The smallest absolute Gasteiger partial charge is 0.262 e. The van der Waals surface area contributed by atoms with Crippen LogP contribution in [0.2, 0.25) is 0 Å². The van der Waals surface area contributed by atoms with Gasteiger partial charge in [0.25, 0.3) is 5.56 Å². The summed E-state index contributed by atoms with van der Waals surface area (Å²) < 4.78 is 13.1. The number of para-hydroxylation sites is 1. The van der Waals surface area contributed by atoms with Crippen LogP contribution in [0.5, 0.6) is 11.5 Å². The van der Waals surface area contributed by atoms with Gasteiger partial charge in [0, 0.05) is 23.4 Å². The fraction of sp³-hybridized carbons (Fsp3) is 0.368. The predicted molar refractivity (Wildman–Crippen MR) is 108 cm³/mol. The Labute approximate surface area is 166 Å². The number of thiophene rings is 1. The Bertz CT molecular complexity index is 1060. The number of hydrogen-bond donors (Lipinski definition) is 1. The van der Waals surface area contributed by atoms with E-state index in [4.69, 9.17) is 9.47 Å². The summed E-state index contributed by atoms with van der Waals surface area (Å²) in [7, 11) is 1.64. The van der Waals surface area contributed by atoms with Gasteiger partial charge in [0.2, 0.25) is 0 Å². The van der Waals surface area contributed by atoms with Crippen molar-refractivity contribution in [3.05, 3.63) is 50.9 Å². The topological polar surface area (TPSA) is 65.4 Å². The number of benzene rings is 1. The number of nitrogens with one attached hydrogen (secondary N) is 1. The van der Waals surface area contributed by atoms with Crippen LogP contribution in [-0.2, 0) is 19.4 Å². The second kappa shape index (κ2) is 7.14. The van der Waals surface area contributed by atoms with Gasteiger partial charge < -0.3 is 14.8 Å². The summed E-state index contributed by atoms with van der Waals surface area (Å²) in [6.07, 6.45) is 3.30. The molecule has 0 saturated heterocycles. The van der Waals surface area contributed by atoms with Gasteiger partial charge in [-0.25, -0.2) is 4.98 Å². The van der Waals surface area contributed by atoms with Crippen LogP contribution in [0.25, 0.3) is 10.2 Å². The highest BCUT2D eigenvalue weighted by Gasteiger charge is 2.27. The van der Waals surface area contributed by atoms with E-state index in [2.05, 4.69) is 10.3 Å². The number of ether oxygens (including phenoxy) is 2. The van der Waals surface area contributed by atoms with Crippen molar-refractivity contribution >= 4 is 34.0 Å². The van der Waals surface area contributed by atoms with E-state index in [1.165, 1.54) is 10.4 Å². The van der Waals surface area contributed by atoms with Crippen LogP contribution in [0.4, 0.5) is 0 Å². The molecule has 2 aromatic heterocycles. The fourth-order valence-corrected chi connectivity index (χ4v) is 5.05. The van der Waals surface area contributed by atoms with Crippen LogP contribution >= 0.6 is 23.7 Å². The predicted octanol–water partition coefficient (Wildman–Crippen LogP) is 2.71. The number of aromatic nitrogens is 2. The number of fused-ring (bicyclic) bond motifs is 4. The van der Waals surface area contributed by atoms with Crippen LogP contribution in [0.3, 0.4) is 0 Å². The molecule has 0 radical (unpaired) electrons. The van der Waals surface area contributed by atoms with Crippen molar-refractivity contribution in [2.75, 3.05) is 20.3 Å². The van der Waals surface area contributed by atoms with E-state index in [9.17, 15) is 4.79 Å². The van der Waals surface area contributed by atoms with Crippen LogP contribution in [0.1, 0.15) is 22.0 Å². The summed E-state index contributed by atoms with van der Waals surface area (Å²) in [5, 5.41) is 4.16. The summed E-state index contributed by atoms with van der Waals surface area (Å²) in [5.41, 5.74) is 2.29. The van der Waals surface area contributed by atoms with Crippen molar-refractivity contribution in [1.29, 1.82) is 0 Å². The molecule has 0 fully saturated rings. The van der Waals surface area contributed by atoms with E-state index in [0.717, 1.165) is 53.2 Å². The molecule has 0 saturated carbocycles. The van der Waals surface area contributed by atoms with Crippen LogP contribution in [-0.4, -0.2) is 29.8 Å². The first-order valence-electron chi connectivity index (χ1n) is 8.77. The number of hydrogen-bond acceptors (Lipinski definition) is 6. The van der Waals surface area contributed by atoms with E-state index in [0.29, 0.717) is 6.61 Å². The minimum absolute atomic E-state index is 0. The SMILES string of the molecule is COc1cccc2c1OCC(n1cnc3sc4c(c3c1=O)CCNC4)C2.Cl. The number of rotatable bonds is 2. The molecule has 6 nitrogen and oxygen atoms in total. The summed E-state index contributed by atoms with van der Waals surface area (Å²) in [4.78, 5) is 19.9. The first-order valence-corrected chi connectivity index (χ1v) is 9.58. The monoisotopic (exact) mass is 405 g/mol. The van der Waals surface area contributed by atoms with Crippen molar-refractivity contribution in [2.24, 2.45) is 0 Å². The largest absolute Gasteiger partial charge is 0.493 e. The average Bonchev–Trinajstić information content (AvgIpc) is 3.06. The van der Waals surface area contributed by atoms with Gasteiger partial charge in [0.1, 0.15) is 11.4 Å². The normalized spacial score (nSPS) is 18.2. The molecule has 0 spiro atoms. The van der Waals surface area contributed by atoms with Gasteiger partial charge >= 0.3 is 0 Å². The van der Waals surface area contributed by atoms with Gasteiger partial charge in [-0.1, -0.05) is 12.1 Å². The standard InChI is InChI=1S/C19H19N3O3S.ClH/c1-24-14-4-2-3-11-7-12(9-25-17(11)14)22-10-21-18-16(19(22)23)13-5-6-20-8-15(13)26-18;/h2-4,10,12,20H,5-9H2,1H3;1H. The molecule has 4 heterocycles. The lowest BCUT2D eigenvalue weighted by atomic mass is 10.0. The molecule has 1 aromatic carbocycles. The zero-order valence-corrected chi connectivity index (χ0v) is 16.5. The third-order valence-corrected chi connectivity index (χ3v) is 6.35. The van der Waals surface area contributed by atoms with Crippen molar-refractivity contribution in [1.82, 2.24) is 14.9 Å². The highest BCUT2D eigenvalue weighted by molar-refractivity contribution is 7.18. The molecule has 1 N–H and O–H groups in total. The molecule has 3 aromatic rings. The highest BCUT2D eigenvalue weighted by atomic mass is 35.5. The summed E-state index contributed by atoms with van der Waals surface area (Å²) >= 11 is 1.63. The van der Waals surface area contributed by atoms with Gasteiger partial charge in [-0.3, -0.25) is 9.36 Å². The van der Waals surface area contributed by atoms with E-state index < -0.39 is 0 Å². The van der Waals surface area contributed by atoms with Crippen LogP contribution in [0.15, 0.2) is 29.3 Å². The lowest BCUT2D eigenvalue weighted by Gasteiger charge is -2.27. The van der Waals surface area contributed by atoms with Gasteiger partial charge in [-0.05, 0) is 24.6 Å². The quantitative estimate of drug-likeness (QED) is 0.710. The number of halogens is 1. The molecule has 0 aliphatic carbocycles. The van der Waals surface area contributed by atoms with Crippen molar-refractivity contribution in [3.63, 3.8) is 0 Å². The van der Waals surface area contributed by atoms with Crippen LogP contribution in [0, 0.1) is 0 Å². The molecule has 1 unspecified atom stereocenters. The third-order valence-electron chi connectivity index (χ3n) is 5.21. The summed E-state index contributed by atoms with van der Waals surface area (Å²) in [6, 6.07) is 5.82. The summed E-state index contributed by atoms with van der Waals surface area (Å²) in [5.74, 6) is 1.52. The van der Waals surface area contributed by atoms with Crippen LogP contribution < -0.4 is 20.3 Å². The zero-order chi connectivity index (χ0) is 17.7. The summed E-state index contributed by atoms with van der Waals surface area (Å²) in [6.45, 7) is 2.18. The third kappa shape index (κ3) is 2.90. The molecule has 2 aliphatic rings. The molecule has 2 aliphatic heterocycles. The van der Waals surface area contributed by atoms with Crippen molar-refractivity contribution in [3.8, 4) is 11.5 Å². The lowest BCUT2D eigenvalue weighted by Crippen LogP contribution is -2.33. The molecule has 0 amide bonds. The second-order valence-corrected chi connectivity index (χ2v) is 7.77. The molecular formula is C19H20ClN3O3S. The van der Waals surface area contributed by atoms with E-state index in [1.54, 1.807) is 29.3 Å². The molecule has 0 bridgehead atoms. The van der Waals surface area contributed by atoms with Crippen molar-refractivity contribution in [2.45, 2.75) is 25.4 Å². The van der Waals surface area contributed by atoms with E-state index in [-0.39, 0.29) is 24.0 Å². The van der Waals surface area contributed by atoms with E-state index in [1.807, 2.05) is 18.2 Å². The number of nitrogens with zero attached hydrogens (tertiary/aromatic N) is 2. The first-order chi connectivity index (χ1) is 12.8.